The van der Waals surface area contributed by atoms with Crippen LogP contribution in [0.4, 0.5) is 0 Å². The van der Waals surface area contributed by atoms with Crippen molar-refractivity contribution in [1.29, 1.82) is 0 Å². The summed E-state index contributed by atoms with van der Waals surface area (Å²) in [5, 5.41) is 3.33. The molecule has 0 bridgehead atoms. The summed E-state index contributed by atoms with van der Waals surface area (Å²) in [5.74, 6) is 2.05. The van der Waals surface area contributed by atoms with Crippen LogP contribution in [0, 0.1) is 0 Å². The number of para-hydroxylation sites is 1. The average Bonchev–Trinajstić information content (AvgIpc) is 2.38. The quantitative estimate of drug-likeness (QED) is 0.808. The standard InChI is InChI=1S/C13H15N3O2S/c1-9(17)14-6-7-19-8-12-15-11-5-3-2-4-10(11)13(18)16-12/h2-5H,6-8H2,1H3,(H,14,17)(H,15,16,18). The van der Waals surface area contributed by atoms with Crippen LogP contribution in [0.5, 0.6) is 0 Å². The molecule has 100 valence electrons. The zero-order valence-electron chi connectivity index (χ0n) is 10.6. The molecule has 1 amide bonds. The molecule has 1 heterocycles. The zero-order valence-corrected chi connectivity index (χ0v) is 11.4. The lowest BCUT2D eigenvalue weighted by molar-refractivity contribution is -0.118. The number of H-pyrrole nitrogens is 1. The van der Waals surface area contributed by atoms with Gasteiger partial charge in [-0.1, -0.05) is 12.1 Å². The molecule has 0 spiro atoms. The van der Waals surface area contributed by atoms with E-state index in [2.05, 4.69) is 15.3 Å². The zero-order chi connectivity index (χ0) is 13.7. The summed E-state index contributed by atoms with van der Waals surface area (Å²) in [4.78, 5) is 29.7. The monoisotopic (exact) mass is 277 g/mol. The van der Waals surface area contributed by atoms with Gasteiger partial charge in [-0.25, -0.2) is 4.98 Å². The van der Waals surface area contributed by atoms with Crippen molar-refractivity contribution < 1.29 is 4.79 Å². The second-order valence-electron chi connectivity index (χ2n) is 4.07. The Labute approximate surface area is 114 Å². The van der Waals surface area contributed by atoms with Crippen LogP contribution in [0.25, 0.3) is 10.9 Å². The number of nitrogens with one attached hydrogen (secondary N) is 2. The number of carbonyl (C=O) groups excluding carboxylic acids is 1. The first-order chi connectivity index (χ1) is 9.16. The van der Waals surface area contributed by atoms with E-state index in [1.807, 2.05) is 18.2 Å². The van der Waals surface area contributed by atoms with Gasteiger partial charge in [0, 0.05) is 19.2 Å². The largest absolute Gasteiger partial charge is 0.356 e. The van der Waals surface area contributed by atoms with Crippen molar-refractivity contribution >= 4 is 28.6 Å². The van der Waals surface area contributed by atoms with Crippen molar-refractivity contribution in [3.63, 3.8) is 0 Å². The normalized spacial score (nSPS) is 10.6. The topological polar surface area (TPSA) is 74.8 Å². The van der Waals surface area contributed by atoms with E-state index in [0.29, 0.717) is 29.0 Å². The lowest BCUT2D eigenvalue weighted by atomic mass is 10.2. The van der Waals surface area contributed by atoms with E-state index in [9.17, 15) is 9.59 Å². The first-order valence-electron chi connectivity index (χ1n) is 5.97. The molecule has 0 unspecified atom stereocenters. The molecule has 0 radical (unpaired) electrons. The summed E-state index contributed by atoms with van der Waals surface area (Å²) in [6, 6.07) is 7.27. The number of benzene rings is 1. The van der Waals surface area contributed by atoms with Crippen LogP contribution < -0.4 is 10.9 Å². The fourth-order valence-electron chi connectivity index (χ4n) is 1.67. The smallest absolute Gasteiger partial charge is 0.258 e. The van der Waals surface area contributed by atoms with Crippen LogP contribution in [0.1, 0.15) is 12.7 Å². The van der Waals surface area contributed by atoms with Crippen molar-refractivity contribution in [2.75, 3.05) is 12.3 Å². The van der Waals surface area contributed by atoms with Crippen LogP contribution in [0.3, 0.4) is 0 Å². The van der Waals surface area contributed by atoms with Gasteiger partial charge in [0.2, 0.25) is 5.91 Å². The Bertz CT molecular complexity index is 639. The molecule has 0 aliphatic heterocycles. The number of fused-ring (bicyclic) bond motifs is 1. The van der Waals surface area contributed by atoms with Gasteiger partial charge in [-0.3, -0.25) is 9.59 Å². The molecule has 0 aliphatic carbocycles. The number of carbonyl (C=O) groups is 1. The van der Waals surface area contributed by atoms with Crippen LogP contribution in [-0.2, 0) is 10.5 Å². The summed E-state index contributed by atoms with van der Waals surface area (Å²) < 4.78 is 0. The predicted octanol–water partition coefficient (Wildman–Crippen LogP) is 1.29. The Kier molecular flexibility index (Phi) is 4.57. The highest BCUT2D eigenvalue weighted by Gasteiger charge is 2.03. The average molecular weight is 277 g/mol. The minimum Gasteiger partial charge on any atom is -0.356 e. The van der Waals surface area contributed by atoms with E-state index in [0.717, 1.165) is 5.75 Å². The lowest BCUT2D eigenvalue weighted by Crippen LogP contribution is -2.22. The second kappa shape index (κ2) is 6.38. The van der Waals surface area contributed by atoms with E-state index >= 15 is 0 Å². The maximum atomic E-state index is 11.8. The Morgan fingerprint density at radius 2 is 2.21 bits per heavy atom. The Hall–Kier alpha value is -1.82. The Morgan fingerprint density at radius 3 is 3.00 bits per heavy atom. The van der Waals surface area contributed by atoms with Gasteiger partial charge in [0.15, 0.2) is 0 Å². The van der Waals surface area contributed by atoms with Gasteiger partial charge in [-0.2, -0.15) is 11.8 Å². The fraction of sp³-hybridized carbons (Fsp3) is 0.308. The van der Waals surface area contributed by atoms with Gasteiger partial charge < -0.3 is 10.3 Å². The number of aromatic amines is 1. The first-order valence-corrected chi connectivity index (χ1v) is 7.12. The van der Waals surface area contributed by atoms with Gasteiger partial charge in [0.05, 0.1) is 16.7 Å². The Balaban J connectivity index is 1.98. The summed E-state index contributed by atoms with van der Waals surface area (Å²) >= 11 is 1.62. The number of rotatable bonds is 5. The van der Waals surface area contributed by atoms with E-state index in [4.69, 9.17) is 0 Å². The van der Waals surface area contributed by atoms with Crippen molar-refractivity contribution in [3.8, 4) is 0 Å². The summed E-state index contributed by atoms with van der Waals surface area (Å²) in [5.41, 5.74) is 0.603. The molecule has 2 rings (SSSR count). The van der Waals surface area contributed by atoms with E-state index < -0.39 is 0 Å². The molecule has 1 aromatic heterocycles. The third kappa shape index (κ3) is 3.82. The molecule has 0 fully saturated rings. The van der Waals surface area contributed by atoms with E-state index in [-0.39, 0.29) is 11.5 Å². The molecular weight excluding hydrogens is 262 g/mol. The number of nitrogens with zero attached hydrogens (tertiary/aromatic N) is 1. The van der Waals surface area contributed by atoms with Crippen molar-refractivity contribution in [2.24, 2.45) is 0 Å². The molecule has 2 aromatic rings. The van der Waals surface area contributed by atoms with Crippen LogP contribution in [0.15, 0.2) is 29.1 Å². The highest BCUT2D eigenvalue weighted by atomic mass is 32.2. The molecule has 0 aliphatic rings. The van der Waals surface area contributed by atoms with Crippen molar-refractivity contribution in [1.82, 2.24) is 15.3 Å². The molecule has 19 heavy (non-hydrogen) atoms. The van der Waals surface area contributed by atoms with Gasteiger partial charge in [0.25, 0.3) is 5.56 Å². The Morgan fingerprint density at radius 1 is 1.42 bits per heavy atom. The highest BCUT2D eigenvalue weighted by Crippen LogP contribution is 2.10. The van der Waals surface area contributed by atoms with Gasteiger partial charge in [0.1, 0.15) is 5.82 Å². The molecule has 5 nitrogen and oxygen atoms in total. The third-order valence-corrected chi connectivity index (χ3v) is 3.49. The van der Waals surface area contributed by atoms with Crippen LogP contribution in [-0.4, -0.2) is 28.2 Å². The maximum absolute atomic E-state index is 11.8. The molecule has 6 heteroatoms. The molecular formula is C13H15N3O2S. The van der Waals surface area contributed by atoms with E-state index in [1.54, 1.807) is 17.8 Å². The number of amides is 1. The van der Waals surface area contributed by atoms with E-state index in [1.165, 1.54) is 6.92 Å². The SMILES string of the molecule is CC(=O)NCCSCc1nc2ccccc2c(=O)[nH]1. The van der Waals surface area contributed by atoms with Crippen LogP contribution >= 0.6 is 11.8 Å². The van der Waals surface area contributed by atoms with Gasteiger partial charge >= 0.3 is 0 Å². The molecule has 0 saturated heterocycles. The minimum absolute atomic E-state index is 0.0298. The number of hydrogen-bond donors (Lipinski definition) is 2. The van der Waals surface area contributed by atoms with Crippen LogP contribution in [0.2, 0.25) is 0 Å². The summed E-state index contributed by atoms with van der Waals surface area (Å²) in [7, 11) is 0. The lowest BCUT2D eigenvalue weighted by Gasteiger charge is -2.03. The minimum atomic E-state index is -0.108. The molecule has 0 saturated carbocycles. The number of thioether (sulfide) groups is 1. The molecule has 2 N–H and O–H groups in total. The third-order valence-electron chi connectivity index (χ3n) is 2.52. The fourth-order valence-corrected chi connectivity index (χ4v) is 2.39. The van der Waals surface area contributed by atoms with Crippen molar-refractivity contribution in [3.05, 3.63) is 40.4 Å². The predicted molar refractivity (Wildman–Crippen MR) is 77.2 cm³/mol. The van der Waals surface area contributed by atoms with Gasteiger partial charge in [-0.15, -0.1) is 0 Å². The number of hydrogen-bond acceptors (Lipinski definition) is 4. The first kappa shape index (κ1) is 13.6. The summed E-state index contributed by atoms with van der Waals surface area (Å²) in [6.45, 7) is 2.12. The van der Waals surface area contributed by atoms with Crippen molar-refractivity contribution in [2.45, 2.75) is 12.7 Å². The number of aromatic nitrogens is 2. The summed E-state index contributed by atoms with van der Waals surface area (Å²) in [6.07, 6.45) is 0. The maximum Gasteiger partial charge on any atom is 0.258 e. The molecule has 0 atom stereocenters. The molecule has 1 aromatic carbocycles. The van der Waals surface area contributed by atoms with Gasteiger partial charge in [-0.05, 0) is 12.1 Å². The second-order valence-corrected chi connectivity index (χ2v) is 5.17. The highest BCUT2D eigenvalue weighted by molar-refractivity contribution is 7.98.